The van der Waals surface area contributed by atoms with Crippen molar-refractivity contribution in [2.24, 2.45) is 0 Å². The van der Waals surface area contributed by atoms with Gasteiger partial charge >= 0.3 is 13.8 Å². The number of phosphoric ester groups is 1. The van der Waals surface area contributed by atoms with Crippen LogP contribution in [-0.4, -0.2) is 74.3 Å². The highest BCUT2D eigenvalue weighted by atomic mass is 31.2. The number of amides is 1. The largest absolute Gasteiger partial charge is 0.472 e. The molecule has 10 heteroatoms. The molecule has 0 aromatic rings. The van der Waals surface area contributed by atoms with Gasteiger partial charge in [-0.3, -0.25) is 18.6 Å². The molecule has 9 nitrogen and oxygen atoms in total. The van der Waals surface area contributed by atoms with Gasteiger partial charge in [-0.2, -0.15) is 0 Å². The summed E-state index contributed by atoms with van der Waals surface area (Å²) >= 11 is 0. The van der Waals surface area contributed by atoms with Crippen LogP contribution in [-0.2, 0) is 27.9 Å². The SMILES string of the molecule is CC/C=C\C/C=C\C/C=C\C/C=C\C/C=C\CCCC(=O)NC(COP(=O)(O)OCC[N+](C)(C)C)C(/C=C/CCCCCCCCCCCCC)OC(=O)CCCCCCCC/C=C\C/C=C\C/C=C\CCCCC. The Hall–Kier alpha value is -3.33. The third-order valence-corrected chi connectivity index (χ3v) is 13.7. The van der Waals surface area contributed by atoms with E-state index in [0.717, 1.165) is 109 Å². The van der Waals surface area contributed by atoms with E-state index in [2.05, 4.69) is 123 Å². The van der Waals surface area contributed by atoms with Crippen molar-refractivity contribution in [1.82, 2.24) is 5.32 Å². The second-order valence-electron chi connectivity index (χ2n) is 21.1. The van der Waals surface area contributed by atoms with Crippen molar-refractivity contribution in [3.63, 3.8) is 0 Å². The Morgan fingerprint density at radius 2 is 0.867 bits per heavy atom. The van der Waals surface area contributed by atoms with Crippen molar-refractivity contribution >= 4 is 19.7 Å². The normalized spacial score (nSPS) is 14.5. The molecule has 0 rings (SSSR count). The molecule has 0 aliphatic rings. The number of rotatable bonds is 53. The van der Waals surface area contributed by atoms with E-state index in [1.807, 2.05) is 33.3 Å². The van der Waals surface area contributed by atoms with Gasteiger partial charge in [0, 0.05) is 12.8 Å². The molecule has 75 heavy (non-hydrogen) atoms. The molecular weight excluding hydrogens is 952 g/mol. The van der Waals surface area contributed by atoms with Gasteiger partial charge in [-0.1, -0.05) is 227 Å². The monoisotopic (exact) mass is 1070 g/mol. The minimum absolute atomic E-state index is 0.0218. The Balaban J connectivity index is 5.44. The van der Waals surface area contributed by atoms with Gasteiger partial charge < -0.3 is 19.4 Å². The lowest BCUT2D eigenvalue weighted by Crippen LogP contribution is -2.47. The van der Waals surface area contributed by atoms with Gasteiger partial charge in [0.25, 0.3) is 0 Å². The first-order valence-electron chi connectivity index (χ1n) is 30.2. The highest BCUT2D eigenvalue weighted by Gasteiger charge is 2.30. The topological polar surface area (TPSA) is 111 Å². The lowest BCUT2D eigenvalue weighted by atomic mass is 10.0. The van der Waals surface area contributed by atoms with E-state index in [-0.39, 0.29) is 37.9 Å². The fourth-order valence-corrected chi connectivity index (χ4v) is 8.78. The summed E-state index contributed by atoms with van der Waals surface area (Å²) in [6, 6.07) is -0.890. The Morgan fingerprint density at radius 3 is 1.33 bits per heavy atom. The van der Waals surface area contributed by atoms with Crippen LogP contribution in [0.4, 0.5) is 0 Å². The molecule has 0 aromatic carbocycles. The van der Waals surface area contributed by atoms with Crippen molar-refractivity contribution < 1.29 is 37.3 Å². The van der Waals surface area contributed by atoms with Crippen molar-refractivity contribution in [3.8, 4) is 0 Å². The first-order chi connectivity index (χ1) is 36.4. The maximum atomic E-state index is 13.5. The summed E-state index contributed by atoms with van der Waals surface area (Å²) in [4.78, 5) is 37.7. The van der Waals surface area contributed by atoms with Gasteiger partial charge in [0.1, 0.15) is 19.3 Å². The quantitative estimate of drug-likeness (QED) is 0.0205. The highest BCUT2D eigenvalue weighted by Crippen LogP contribution is 2.43. The van der Waals surface area contributed by atoms with E-state index < -0.39 is 20.0 Å². The van der Waals surface area contributed by atoms with Crippen LogP contribution in [0, 0.1) is 0 Å². The van der Waals surface area contributed by atoms with E-state index in [4.69, 9.17) is 13.8 Å². The van der Waals surface area contributed by atoms with Crippen LogP contribution in [0.3, 0.4) is 0 Å². The van der Waals surface area contributed by atoms with Crippen molar-refractivity contribution in [1.29, 1.82) is 0 Å². The fourth-order valence-electron chi connectivity index (χ4n) is 8.04. The molecule has 0 fully saturated rings. The average molecular weight is 1070 g/mol. The Labute approximate surface area is 461 Å². The molecule has 0 saturated carbocycles. The zero-order valence-corrected chi connectivity index (χ0v) is 49.9. The van der Waals surface area contributed by atoms with E-state index >= 15 is 0 Å². The van der Waals surface area contributed by atoms with Crippen molar-refractivity contribution in [2.75, 3.05) is 40.9 Å². The Kier molecular flexibility index (Phi) is 51.6. The first-order valence-corrected chi connectivity index (χ1v) is 31.7. The number of hydrogen-bond donors (Lipinski definition) is 2. The summed E-state index contributed by atoms with van der Waals surface area (Å²) in [5.74, 6) is -0.594. The van der Waals surface area contributed by atoms with Gasteiger partial charge in [0.05, 0.1) is 33.8 Å². The standard InChI is InChI=1S/C65H113N2O7P/c1-7-10-13-16-19-22-25-28-30-32-33-35-37-40-43-46-49-52-55-58-65(69)74-63(56-53-50-47-44-41-38-27-24-21-18-15-12-9-3)62(61-73-75(70,71)72-60-59-67(4,5)6)66-64(68)57-54-51-48-45-42-39-36-34-31-29-26-23-20-17-14-11-8-2/h11,14,19-20,22-23,28-31,33,35-36,39,45,48,53,56,62-63H,7-10,12-13,15-18,21,24-27,32,34,37-38,40-44,46-47,49-52,54-55,57-61H2,1-6H3,(H-,66,68,70,71)/p+1/b14-11-,22-19-,23-20-,30-28-,31-29-,35-33-,39-36-,48-45-,56-53+. The first kappa shape index (κ1) is 71.7. The molecule has 0 aromatic heterocycles. The summed E-state index contributed by atoms with van der Waals surface area (Å²) in [6.45, 7) is 6.80. The third kappa shape index (κ3) is 55.2. The molecule has 0 aliphatic carbocycles. The molecule has 0 aliphatic heterocycles. The second-order valence-corrected chi connectivity index (χ2v) is 22.6. The number of carbonyl (C=O) groups is 2. The number of ether oxygens (including phenoxy) is 1. The zero-order valence-electron chi connectivity index (χ0n) is 49.0. The minimum Gasteiger partial charge on any atom is -0.456 e. The lowest BCUT2D eigenvalue weighted by Gasteiger charge is -2.27. The summed E-state index contributed by atoms with van der Waals surface area (Å²) in [5, 5.41) is 3.01. The Morgan fingerprint density at radius 1 is 0.480 bits per heavy atom. The molecule has 0 heterocycles. The number of unbranched alkanes of at least 4 members (excludes halogenated alkanes) is 21. The molecule has 0 radical (unpaired) electrons. The van der Waals surface area contributed by atoms with Crippen LogP contribution in [0.2, 0.25) is 0 Å². The summed E-state index contributed by atoms with van der Waals surface area (Å²) in [5.41, 5.74) is 0. The lowest BCUT2D eigenvalue weighted by molar-refractivity contribution is -0.870. The molecule has 430 valence electrons. The number of quaternary nitrogens is 1. The second kappa shape index (κ2) is 54.0. The van der Waals surface area contributed by atoms with Crippen molar-refractivity contribution in [3.05, 3.63) is 109 Å². The summed E-state index contributed by atoms with van der Waals surface area (Å²) in [7, 11) is 1.44. The number of allylic oxidation sites excluding steroid dienone is 17. The van der Waals surface area contributed by atoms with Crippen LogP contribution in [0.25, 0.3) is 0 Å². The molecule has 0 spiro atoms. The predicted octanol–water partition coefficient (Wildman–Crippen LogP) is 18.6. The number of phosphoric acid groups is 1. The third-order valence-electron chi connectivity index (χ3n) is 12.7. The molecule has 3 atom stereocenters. The minimum atomic E-state index is -4.47. The van der Waals surface area contributed by atoms with Crippen molar-refractivity contribution in [2.45, 2.75) is 251 Å². The van der Waals surface area contributed by atoms with Crippen LogP contribution in [0.1, 0.15) is 239 Å². The van der Waals surface area contributed by atoms with E-state index in [9.17, 15) is 19.0 Å². The molecule has 1 amide bonds. The fraction of sp³-hybridized carbons (Fsp3) is 0.692. The molecule has 0 bridgehead atoms. The maximum absolute atomic E-state index is 13.5. The Bertz CT molecular complexity index is 1650. The maximum Gasteiger partial charge on any atom is 0.472 e. The number of likely N-dealkylation sites (N-methyl/N-ethyl adjacent to an activating group) is 1. The van der Waals surface area contributed by atoms with Gasteiger partial charge in [-0.05, 0) is 109 Å². The van der Waals surface area contributed by atoms with Gasteiger partial charge in [0.15, 0.2) is 0 Å². The molecular formula is C65H114N2O7P+. The van der Waals surface area contributed by atoms with Crippen LogP contribution < -0.4 is 5.32 Å². The number of esters is 1. The predicted molar refractivity (Wildman–Crippen MR) is 323 cm³/mol. The smallest absolute Gasteiger partial charge is 0.456 e. The number of nitrogens with one attached hydrogen (secondary N) is 1. The molecule has 2 N–H and O–H groups in total. The molecule has 3 unspecified atom stereocenters. The molecule has 0 saturated heterocycles. The van der Waals surface area contributed by atoms with E-state index in [1.165, 1.54) is 83.5 Å². The van der Waals surface area contributed by atoms with E-state index in [0.29, 0.717) is 23.9 Å². The summed E-state index contributed by atoms with van der Waals surface area (Å²) < 4.78 is 30.6. The van der Waals surface area contributed by atoms with E-state index in [1.54, 1.807) is 0 Å². The van der Waals surface area contributed by atoms with Gasteiger partial charge in [-0.25, -0.2) is 4.57 Å². The number of hydrogen-bond acceptors (Lipinski definition) is 6. The number of nitrogens with zero attached hydrogens (tertiary/aromatic N) is 1. The average Bonchev–Trinajstić information content (AvgIpc) is 3.37. The number of carbonyl (C=O) groups excluding carboxylic acids is 2. The van der Waals surface area contributed by atoms with Crippen LogP contribution in [0.5, 0.6) is 0 Å². The van der Waals surface area contributed by atoms with Gasteiger partial charge in [-0.15, -0.1) is 0 Å². The zero-order chi connectivity index (χ0) is 55.0. The summed E-state index contributed by atoms with van der Waals surface area (Å²) in [6.07, 6.45) is 73.7. The van der Waals surface area contributed by atoms with Crippen LogP contribution in [0.15, 0.2) is 109 Å². The highest BCUT2D eigenvalue weighted by molar-refractivity contribution is 7.47. The van der Waals surface area contributed by atoms with Gasteiger partial charge in [0.2, 0.25) is 5.91 Å². The van der Waals surface area contributed by atoms with Crippen LogP contribution >= 0.6 is 7.82 Å².